The molecule has 3 aliphatic heterocycles. The minimum absolute atomic E-state index is 0.0709. The van der Waals surface area contributed by atoms with Crippen molar-refractivity contribution in [2.24, 2.45) is 11.8 Å². The number of carbonyl (C=O) groups excluding carboxylic acids is 1. The number of benzene rings is 1. The van der Waals surface area contributed by atoms with Gasteiger partial charge in [0.2, 0.25) is 5.91 Å². The Hall–Kier alpha value is -1.82. The lowest BCUT2D eigenvalue weighted by Crippen LogP contribution is -2.60. The molecule has 156 valence electrons. The number of rotatable bonds is 2. The standard InChI is InChI=1S/C23H27F3N2O/c24-18-12-20(26)19(25)10-15(18)11-22(29)28-7-3-4-14-8-16-9-17(23(14)28)13-27-6-2-1-5-21(16)27/h8,10,12,16-17,21,23H,1-7,9,11,13H2/t16?,17?,21-,23-/m1/s1. The van der Waals surface area contributed by atoms with Crippen LogP contribution in [0, 0.1) is 29.3 Å². The van der Waals surface area contributed by atoms with Crippen LogP contribution >= 0.6 is 0 Å². The fourth-order valence-electron chi connectivity index (χ4n) is 6.22. The summed E-state index contributed by atoms with van der Waals surface area (Å²) in [6.45, 7) is 2.81. The Bertz CT molecular complexity index is 855. The van der Waals surface area contributed by atoms with Crippen molar-refractivity contribution in [1.82, 2.24) is 9.80 Å². The van der Waals surface area contributed by atoms with Crippen molar-refractivity contribution < 1.29 is 18.0 Å². The van der Waals surface area contributed by atoms with Crippen LogP contribution in [-0.4, -0.2) is 47.4 Å². The minimum Gasteiger partial charge on any atom is -0.335 e. The molecule has 3 fully saturated rings. The topological polar surface area (TPSA) is 23.6 Å². The Balaban J connectivity index is 1.39. The van der Waals surface area contributed by atoms with Gasteiger partial charge in [0.1, 0.15) is 5.82 Å². The molecule has 2 bridgehead atoms. The number of likely N-dealkylation sites (tertiary alicyclic amines) is 1. The summed E-state index contributed by atoms with van der Waals surface area (Å²) >= 11 is 0. The third-order valence-electron chi connectivity index (χ3n) is 7.41. The smallest absolute Gasteiger partial charge is 0.227 e. The monoisotopic (exact) mass is 404 g/mol. The SMILES string of the molecule is O=C(Cc1cc(F)c(F)cc1F)N1CCCC2=CC3CC(CN4CCCC[C@H]34)[C@@H]21. The Morgan fingerprint density at radius 1 is 1.03 bits per heavy atom. The van der Waals surface area contributed by atoms with Crippen molar-refractivity contribution in [3.05, 3.63) is 46.8 Å². The van der Waals surface area contributed by atoms with Gasteiger partial charge in [0, 0.05) is 30.8 Å². The molecule has 1 aliphatic carbocycles. The first-order valence-electron chi connectivity index (χ1n) is 10.9. The molecule has 6 heteroatoms. The fraction of sp³-hybridized carbons (Fsp3) is 0.609. The van der Waals surface area contributed by atoms with E-state index in [0.29, 0.717) is 30.5 Å². The molecule has 4 aliphatic rings. The first kappa shape index (κ1) is 19.2. The highest BCUT2D eigenvalue weighted by Gasteiger charge is 2.46. The third kappa shape index (κ3) is 3.39. The van der Waals surface area contributed by atoms with Crippen molar-refractivity contribution in [2.45, 2.75) is 57.0 Å². The van der Waals surface area contributed by atoms with Gasteiger partial charge in [-0.25, -0.2) is 13.2 Å². The van der Waals surface area contributed by atoms with Crippen LogP contribution in [0.15, 0.2) is 23.8 Å². The van der Waals surface area contributed by atoms with E-state index < -0.39 is 17.5 Å². The van der Waals surface area contributed by atoms with Crippen molar-refractivity contribution in [1.29, 1.82) is 0 Å². The molecule has 0 saturated carbocycles. The van der Waals surface area contributed by atoms with Crippen LogP contribution in [0.3, 0.4) is 0 Å². The van der Waals surface area contributed by atoms with E-state index in [0.717, 1.165) is 38.4 Å². The number of amides is 1. The average Bonchev–Trinajstić information content (AvgIpc) is 2.71. The van der Waals surface area contributed by atoms with E-state index in [-0.39, 0.29) is 23.9 Å². The van der Waals surface area contributed by atoms with Crippen LogP contribution in [0.25, 0.3) is 0 Å². The quantitative estimate of drug-likeness (QED) is 0.548. The third-order valence-corrected chi connectivity index (χ3v) is 7.41. The van der Waals surface area contributed by atoms with E-state index in [1.807, 2.05) is 4.90 Å². The second kappa shape index (κ2) is 7.46. The molecule has 4 atom stereocenters. The Morgan fingerprint density at radius 3 is 2.72 bits per heavy atom. The van der Waals surface area contributed by atoms with E-state index in [1.54, 1.807) is 0 Å². The molecule has 0 aromatic heterocycles. The number of carbonyl (C=O) groups is 1. The second-order valence-corrected chi connectivity index (χ2v) is 9.13. The molecule has 3 saturated heterocycles. The first-order valence-corrected chi connectivity index (χ1v) is 10.9. The maximum absolute atomic E-state index is 14.1. The van der Waals surface area contributed by atoms with Crippen LogP contribution in [0.4, 0.5) is 13.2 Å². The molecule has 0 spiro atoms. The van der Waals surface area contributed by atoms with Gasteiger partial charge in [-0.1, -0.05) is 18.1 Å². The van der Waals surface area contributed by atoms with E-state index in [1.165, 1.54) is 24.8 Å². The normalized spacial score (nSPS) is 31.7. The molecule has 2 unspecified atom stereocenters. The molecule has 3 nitrogen and oxygen atoms in total. The Morgan fingerprint density at radius 2 is 1.86 bits per heavy atom. The number of halogens is 3. The van der Waals surface area contributed by atoms with Gasteiger partial charge < -0.3 is 4.90 Å². The Labute approximate surface area is 169 Å². The molecule has 3 heterocycles. The lowest BCUT2D eigenvalue weighted by Gasteiger charge is -2.54. The fourth-order valence-corrected chi connectivity index (χ4v) is 6.22. The highest BCUT2D eigenvalue weighted by atomic mass is 19.2. The van der Waals surface area contributed by atoms with Gasteiger partial charge in [0.25, 0.3) is 0 Å². The van der Waals surface area contributed by atoms with Crippen molar-refractivity contribution in [3.63, 3.8) is 0 Å². The van der Waals surface area contributed by atoms with Crippen LogP contribution in [-0.2, 0) is 11.2 Å². The van der Waals surface area contributed by atoms with Crippen molar-refractivity contribution in [3.8, 4) is 0 Å². The number of hydrogen-bond acceptors (Lipinski definition) is 2. The zero-order valence-electron chi connectivity index (χ0n) is 16.5. The summed E-state index contributed by atoms with van der Waals surface area (Å²) in [5.41, 5.74) is 1.29. The molecule has 1 aromatic rings. The maximum atomic E-state index is 14.1. The lowest BCUT2D eigenvalue weighted by atomic mass is 9.68. The number of nitrogens with zero attached hydrogens (tertiary/aromatic N) is 2. The molecule has 5 rings (SSSR count). The van der Waals surface area contributed by atoms with Crippen LogP contribution < -0.4 is 0 Å². The van der Waals surface area contributed by atoms with Gasteiger partial charge in [-0.05, 0) is 56.6 Å². The molecule has 0 N–H and O–H groups in total. The average molecular weight is 404 g/mol. The summed E-state index contributed by atoms with van der Waals surface area (Å²) in [5.74, 6) is -2.39. The predicted octanol–water partition coefficient (Wildman–Crippen LogP) is 4.07. The van der Waals surface area contributed by atoms with Gasteiger partial charge in [-0.3, -0.25) is 9.69 Å². The van der Waals surface area contributed by atoms with Crippen LogP contribution in [0.2, 0.25) is 0 Å². The van der Waals surface area contributed by atoms with Crippen LogP contribution in [0.5, 0.6) is 0 Å². The van der Waals surface area contributed by atoms with Gasteiger partial charge in [-0.15, -0.1) is 0 Å². The summed E-state index contributed by atoms with van der Waals surface area (Å²) in [4.78, 5) is 17.6. The van der Waals surface area contributed by atoms with E-state index >= 15 is 0 Å². The van der Waals surface area contributed by atoms with Crippen molar-refractivity contribution in [2.75, 3.05) is 19.6 Å². The summed E-state index contributed by atoms with van der Waals surface area (Å²) in [7, 11) is 0. The summed E-state index contributed by atoms with van der Waals surface area (Å²) < 4.78 is 40.9. The largest absolute Gasteiger partial charge is 0.335 e. The number of fused-ring (bicyclic) bond motifs is 6. The highest BCUT2D eigenvalue weighted by Crippen LogP contribution is 2.45. The molecule has 29 heavy (non-hydrogen) atoms. The molecule has 1 amide bonds. The lowest BCUT2D eigenvalue weighted by molar-refractivity contribution is -0.135. The van der Waals surface area contributed by atoms with E-state index in [2.05, 4.69) is 11.0 Å². The molecular weight excluding hydrogens is 377 g/mol. The highest BCUT2D eigenvalue weighted by molar-refractivity contribution is 5.80. The second-order valence-electron chi connectivity index (χ2n) is 9.13. The predicted molar refractivity (Wildman–Crippen MR) is 104 cm³/mol. The minimum atomic E-state index is -1.22. The van der Waals surface area contributed by atoms with Gasteiger partial charge in [0.05, 0.1) is 12.5 Å². The van der Waals surface area contributed by atoms with E-state index in [9.17, 15) is 18.0 Å². The van der Waals surface area contributed by atoms with Gasteiger partial charge in [0.15, 0.2) is 11.6 Å². The number of piperidine rings is 3. The molecule has 1 aromatic carbocycles. The van der Waals surface area contributed by atoms with Gasteiger partial charge >= 0.3 is 0 Å². The van der Waals surface area contributed by atoms with Crippen molar-refractivity contribution >= 4 is 5.91 Å². The maximum Gasteiger partial charge on any atom is 0.227 e. The van der Waals surface area contributed by atoms with Crippen LogP contribution in [0.1, 0.15) is 44.1 Å². The molecule has 0 radical (unpaired) electrons. The number of hydrogen-bond donors (Lipinski definition) is 0. The zero-order valence-corrected chi connectivity index (χ0v) is 16.5. The summed E-state index contributed by atoms with van der Waals surface area (Å²) in [5, 5.41) is 0. The van der Waals surface area contributed by atoms with E-state index in [4.69, 9.17) is 0 Å². The summed E-state index contributed by atoms with van der Waals surface area (Å²) in [6.07, 6.45) is 9.06. The first-order chi connectivity index (χ1) is 14.0. The summed E-state index contributed by atoms with van der Waals surface area (Å²) in [6, 6.07) is 2.07. The Kier molecular flexibility index (Phi) is 4.93. The van der Waals surface area contributed by atoms with Gasteiger partial charge in [-0.2, -0.15) is 0 Å². The zero-order chi connectivity index (χ0) is 20.1. The molecular formula is C23H27F3N2O.